The zero-order valence-corrected chi connectivity index (χ0v) is 18.0. The van der Waals surface area contributed by atoms with E-state index < -0.39 is 0 Å². The van der Waals surface area contributed by atoms with Gasteiger partial charge >= 0.3 is 0 Å². The molecule has 158 valence electrons. The zero-order chi connectivity index (χ0) is 20.6. The highest BCUT2D eigenvalue weighted by Gasteiger charge is 2.25. The number of benzene rings is 1. The van der Waals surface area contributed by atoms with Gasteiger partial charge in [0.05, 0.1) is 19.9 Å². The Morgan fingerprint density at radius 1 is 1.34 bits per heavy atom. The summed E-state index contributed by atoms with van der Waals surface area (Å²) in [5.74, 6) is 3.09. The van der Waals surface area contributed by atoms with Gasteiger partial charge < -0.3 is 19.7 Å². The number of aryl methyl sites for hydroxylation is 1. The van der Waals surface area contributed by atoms with Gasteiger partial charge in [-0.25, -0.2) is 4.99 Å². The fraction of sp³-hybridized carbons (Fsp3) is 0.545. The van der Waals surface area contributed by atoms with Crippen LogP contribution in [-0.2, 0) is 13.5 Å². The third-order valence-corrected chi connectivity index (χ3v) is 5.10. The second-order valence-electron chi connectivity index (χ2n) is 7.60. The first-order valence-electron chi connectivity index (χ1n) is 10.4. The number of nitrogens with one attached hydrogen (secondary N) is 1. The van der Waals surface area contributed by atoms with Gasteiger partial charge in [0.15, 0.2) is 17.5 Å². The summed E-state index contributed by atoms with van der Waals surface area (Å²) in [6, 6.07) is 7.72. The topological polar surface area (TPSA) is 63.9 Å². The van der Waals surface area contributed by atoms with Gasteiger partial charge in [-0.2, -0.15) is 5.10 Å². The molecule has 0 spiro atoms. The molecule has 2 heterocycles. The van der Waals surface area contributed by atoms with Crippen LogP contribution < -0.4 is 14.8 Å². The number of methoxy groups -OCH3 is 1. The summed E-state index contributed by atoms with van der Waals surface area (Å²) >= 11 is 0. The fourth-order valence-electron chi connectivity index (χ4n) is 3.71. The smallest absolute Gasteiger partial charge is 0.194 e. The number of para-hydroxylation sites is 2. The molecule has 1 aromatic carbocycles. The molecule has 7 nitrogen and oxygen atoms in total. The van der Waals surface area contributed by atoms with Gasteiger partial charge in [0.2, 0.25) is 0 Å². The van der Waals surface area contributed by atoms with Crippen molar-refractivity contribution in [1.82, 2.24) is 20.0 Å². The molecule has 0 aliphatic carbocycles. The van der Waals surface area contributed by atoms with Crippen molar-refractivity contribution < 1.29 is 9.47 Å². The van der Waals surface area contributed by atoms with Crippen LogP contribution in [0.4, 0.5) is 0 Å². The quantitative estimate of drug-likeness (QED) is 0.546. The average Bonchev–Trinajstić information content (AvgIpc) is 3.34. The minimum atomic E-state index is -0.0475. The van der Waals surface area contributed by atoms with Crippen molar-refractivity contribution in [3.8, 4) is 11.5 Å². The van der Waals surface area contributed by atoms with Crippen molar-refractivity contribution in [3.63, 3.8) is 0 Å². The van der Waals surface area contributed by atoms with Crippen molar-refractivity contribution in [2.45, 2.75) is 32.8 Å². The number of rotatable bonds is 8. The van der Waals surface area contributed by atoms with Crippen LogP contribution in [0.1, 0.15) is 25.8 Å². The Labute approximate surface area is 173 Å². The number of nitrogens with zero attached hydrogens (tertiary/aromatic N) is 4. The van der Waals surface area contributed by atoms with E-state index in [0.717, 1.165) is 43.5 Å². The average molecular weight is 400 g/mol. The Balaban J connectivity index is 1.56. The predicted octanol–water partition coefficient (Wildman–Crippen LogP) is 2.73. The second-order valence-corrected chi connectivity index (χ2v) is 7.60. The van der Waals surface area contributed by atoms with Crippen LogP contribution in [0.25, 0.3) is 0 Å². The van der Waals surface area contributed by atoms with Gasteiger partial charge in [0, 0.05) is 32.9 Å². The minimum absolute atomic E-state index is 0.0475. The Bertz CT molecular complexity index is 804. The van der Waals surface area contributed by atoms with Gasteiger partial charge in [0.25, 0.3) is 0 Å². The third-order valence-electron chi connectivity index (χ3n) is 5.10. The molecule has 7 heteroatoms. The van der Waals surface area contributed by atoms with Gasteiger partial charge in [-0.3, -0.25) is 4.68 Å². The second kappa shape index (κ2) is 10.2. The molecule has 1 aliphatic rings. The first kappa shape index (κ1) is 21.0. The van der Waals surface area contributed by atoms with Crippen LogP contribution in [0, 0.1) is 5.92 Å². The summed E-state index contributed by atoms with van der Waals surface area (Å²) in [5.41, 5.74) is 1.31. The number of likely N-dealkylation sites (tertiary alicyclic amines) is 1. The van der Waals surface area contributed by atoms with Crippen molar-refractivity contribution in [2.24, 2.45) is 18.0 Å². The predicted molar refractivity (Wildman–Crippen MR) is 116 cm³/mol. The summed E-state index contributed by atoms with van der Waals surface area (Å²) in [4.78, 5) is 7.20. The number of aromatic nitrogens is 2. The molecule has 3 rings (SSSR count). The standard InChI is InChI=1S/C22H33N5O2/c1-5-23-22(24-13-17(2)29-21-9-7-6-8-20(21)28-4)27-11-10-18(16-27)12-19-14-25-26(3)15-19/h6-9,14-15,17-18H,5,10-13,16H2,1-4H3,(H,23,24). The first-order chi connectivity index (χ1) is 14.1. The first-order valence-corrected chi connectivity index (χ1v) is 10.4. The fourth-order valence-corrected chi connectivity index (χ4v) is 3.71. The van der Waals surface area contributed by atoms with Gasteiger partial charge in [-0.15, -0.1) is 0 Å². The van der Waals surface area contributed by atoms with Crippen molar-refractivity contribution in [3.05, 3.63) is 42.2 Å². The van der Waals surface area contributed by atoms with E-state index in [-0.39, 0.29) is 6.10 Å². The molecule has 2 aromatic rings. The van der Waals surface area contributed by atoms with E-state index >= 15 is 0 Å². The highest BCUT2D eigenvalue weighted by molar-refractivity contribution is 5.80. The van der Waals surface area contributed by atoms with Gasteiger partial charge in [-0.1, -0.05) is 12.1 Å². The van der Waals surface area contributed by atoms with E-state index in [1.54, 1.807) is 7.11 Å². The molecule has 1 fully saturated rings. The summed E-state index contributed by atoms with van der Waals surface area (Å²) in [7, 11) is 3.62. The molecule has 0 saturated carbocycles. The summed E-state index contributed by atoms with van der Waals surface area (Å²) in [6.45, 7) is 7.62. The molecule has 1 aromatic heterocycles. The number of ether oxygens (including phenoxy) is 2. The van der Waals surface area contributed by atoms with Crippen LogP contribution in [0.3, 0.4) is 0 Å². The minimum Gasteiger partial charge on any atom is -0.493 e. The summed E-state index contributed by atoms with van der Waals surface area (Å²) in [5, 5.41) is 7.72. The molecule has 1 aliphatic heterocycles. The highest BCUT2D eigenvalue weighted by atomic mass is 16.5. The van der Waals surface area contributed by atoms with Crippen LogP contribution in [0.5, 0.6) is 11.5 Å². The van der Waals surface area contributed by atoms with E-state index in [0.29, 0.717) is 12.5 Å². The van der Waals surface area contributed by atoms with Crippen LogP contribution in [0.15, 0.2) is 41.7 Å². The number of aliphatic imine (C=N–C) groups is 1. The molecule has 2 atom stereocenters. The van der Waals surface area contributed by atoms with Crippen LogP contribution in [0.2, 0.25) is 0 Å². The lowest BCUT2D eigenvalue weighted by molar-refractivity contribution is 0.219. The Morgan fingerprint density at radius 2 is 2.14 bits per heavy atom. The normalized spacial score (nSPS) is 18.0. The summed E-state index contributed by atoms with van der Waals surface area (Å²) < 4.78 is 13.3. The van der Waals surface area contributed by atoms with Gasteiger partial charge in [-0.05, 0) is 50.3 Å². The molecular formula is C22H33N5O2. The molecule has 29 heavy (non-hydrogen) atoms. The maximum Gasteiger partial charge on any atom is 0.194 e. The van der Waals surface area contributed by atoms with E-state index in [1.807, 2.05) is 49.1 Å². The lowest BCUT2D eigenvalue weighted by Gasteiger charge is -2.22. The van der Waals surface area contributed by atoms with Crippen LogP contribution in [-0.4, -0.2) is 60.0 Å². The van der Waals surface area contributed by atoms with Crippen molar-refractivity contribution in [1.29, 1.82) is 0 Å². The highest BCUT2D eigenvalue weighted by Crippen LogP contribution is 2.27. The van der Waals surface area contributed by atoms with Crippen LogP contribution >= 0.6 is 0 Å². The molecule has 0 amide bonds. The number of hydrogen-bond acceptors (Lipinski definition) is 4. The molecule has 0 bridgehead atoms. The third kappa shape index (κ3) is 5.89. The lowest BCUT2D eigenvalue weighted by atomic mass is 10.0. The van der Waals surface area contributed by atoms with E-state index in [1.165, 1.54) is 12.0 Å². The largest absolute Gasteiger partial charge is 0.493 e. The zero-order valence-electron chi connectivity index (χ0n) is 18.0. The molecule has 1 saturated heterocycles. The van der Waals surface area contributed by atoms with E-state index in [4.69, 9.17) is 14.5 Å². The molecule has 1 N–H and O–H groups in total. The maximum absolute atomic E-state index is 6.04. The Morgan fingerprint density at radius 3 is 2.83 bits per heavy atom. The Kier molecular flexibility index (Phi) is 7.38. The molecular weight excluding hydrogens is 366 g/mol. The van der Waals surface area contributed by atoms with E-state index in [9.17, 15) is 0 Å². The summed E-state index contributed by atoms with van der Waals surface area (Å²) in [6.07, 6.45) is 6.27. The lowest BCUT2D eigenvalue weighted by Crippen LogP contribution is -2.40. The Hall–Kier alpha value is -2.70. The maximum atomic E-state index is 6.04. The van der Waals surface area contributed by atoms with E-state index in [2.05, 4.69) is 28.4 Å². The molecule has 2 unspecified atom stereocenters. The van der Waals surface area contributed by atoms with Crippen molar-refractivity contribution >= 4 is 5.96 Å². The molecule has 0 radical (unpaired) electrons. The van der Waals surface area contributed by atoms with Gasteiger partial charge in [0.1, 0.15) is 6.10 Å². The monoisotopic (exact) mass is 399 g/mol. The number of guanidine groups is 1. The SMILES string of the molecule is CCNC(=NCC(C)Oc1ccccc1OC)N1CCC(Cc2cnn(C)c2)C1. The number of hydrogen-bond donors (Lipinski definition) is 1. The van der Waals surface area contributed by atoms with Crippen molar-refractivity contribution in [2.75, 3.05) is 33.3 Å².